The number of alkyl carbamates (subject to hydrolysis) is 1. The maximum Gasteiger partial charge on any atom is 0.408 e. The van der Waals surface area contributed by atoms with E-state index in [0.29, 0.717) is 17.3 Å². The molecule has 1 aliphatic heterocycles. The van der Waals surface area contributed by atoms with Crippen molar-refractivity contribution in [1.29, 1.82) is 0 Å². The third-order valence-electron chi connectivity index (χ3n) is 2.75. The topological polar surface area (TPSA) is 58.6 Å². The second kappa shape index (κ2) is 5.61. The van der Waals surface area contributed by atoms with E-state index in [9.17, 15) is 9.59 Å². The number of carbonyl (C=O) groups is 2. The van der Waals surface area contributed by atoms with Gasteiger partial charge in [0.1, 0.15) is 0 Å². The number of thiophene rings is 1. The summed E-state index contributed by atoms with van der Waals surface area (Å²) < 4.78 is 5.81. The fourth-order valence-corrected chi connectivity index (χ4v) is 2.79. The standard InChI is InChI=1S/C13H17ClN2O3S/c1-13(2,3)15-12(18)19-9-4-5-16(11(9)17)8-6-10(14)20-7-8/h6-7,9H,4-5H2,1-3H3,(H,15,18). The molecule has 1 saturated heterocycles. The summed E-state index contributed by atoms with van der Waals surface area (Å²) >= 11 is 7.23. The number of hydrogen-bond acceptors (Lipinski definition) is 4. The lowest BCUT2D eigenvalue weighted by Crippen LogP contribution is -2.43. The van der Waals surface area contributed by atoms with E-state index in [1.54, 1.807) is 11.0 Å². The van der Waals surface area contributed by atoms with E-state index in [4.69, 9.17) is 16.3 Å². The second-order valence-electron chi connectivity index (χ2n) is 5.66. The van der Waals surface area contributed by atoms with Crippen LogP contribution in [0, 0.1) is 0 Å². The molecule has 0 bridgehead atoms. The Balaban J connectivity index is 1.96. The summed E-state index contributed by atoms with van der Waals surface area (Å²) in [5.74, 6) is -0.205. The van der Waals surface area contributed by atoms with Gasteiger partial charge in [-0.05, 0) is 26.8 Å². The first-order valence-electron chi connectivity index (χ1n) is 6.30. The van der Waals surface area contributed by atoms with Crippen LogP contribution in [0.2, 0.25) is 4.34 Å². The number of anilines is 1. The largest absolute Gasteiger partial charge is 0.436 e. The van der Waals surface area contributed by atoms with Crippen molar-refractivity contribution in [3.05, 3.63) is 15.8 Å². The first-order chi connectivity index (χ1) is 9.26. The quantitative estimate of drug-likeness (QED) is 0.912. The third kappa shape index (κ3) is 3.64. The maximum absolute atomic E-state index is 12.2. The fourth-order valence-electron chi connectivity index (χ4n) is 1.93. The Labute approximate surface area is 126 Å². The van der Waals surface area contributed by atoms with E-state index in [1.807, 2.05) is 26.2 Å². The molecule has 110 valence electrons. The SMILES string of the molecule is CC(C)(C)NC(=O)OC1CCN(c2csc(Cl)c2)C1=O. The van der Waals surface area contributed by atoms with Crippen LogP contribution in [0.3, 0.4) is 0 Å². The van der Waals surface area contributed by atoms with Crippen LogP contribution in [-0.4, -0.2) is 30.2 Å². The molecule has 2 heterocycles. The number of carbonyl (C=O) groups excluding carboxylic acids is 2. The van der Waals surface area contributed by atoms with Crippen LogP contribution in [0.5, 0.6) is 0 Å². The number of rotatable bonds is 2. The summed E-state index contributed by atoms with van der Waals surface area (Å²) in [6.07, 6.45) is -0.804. The van der Waals surface area contributed by atoms with Gasteiger partial charge in [-0.3, -0.25) is 4.79 Å². The summed E-state index contributed by atoms with van der Waals surface area (Å²) in [5, 5.41) is 4.49. The highest BCUT2D eigenvalue weighted by Gasteiger charge is 2.36. The molecule has 0 radical (unpaired) electrons. The monoisotopic (exact) mass is 316 g/mol. The van der Waals surface area contributed by atoms with Gasteiger partial charge < -0.3 is 15.0 Å². The molecule has 1 unspecified atom stereocenters. The van der Waals surface area contributed by atoms with Crippen molar-refractivity contribution >= 4 is 40.6 Å². The molecule has 0 aliphatic carbocycles. The predicted octanol–water partition coefficient (Wildman–Crippen LogP) is 3.03. The highest BCUT2D eigenvalue weighted by molar-refractivity contribution is 7.14. The van der Waals surface area contributed by atoms with Crippen molar-refractivity contribution < 1.29 is 14.3 Å². The lowest BCUT2D eigenvalue weighted by Gasteiger charge is -2.21. The lowest BCUT2D eigenvalue weighted by atomic mass is 10.1. The Morgan fingerprint density at radius 2 is 2.25 bits per heavy atom. The van der Waals surface area contributed by atoms with Crippen molar-refractivity contribution in [2.45, 2.75) is 38.8 Å². The van der Waals surface area contributed by atoms with Crippen LogP contribution < -0.4 is 10.2 Å². The fraction of sp³-hybridized carbons (Fsp3) is 0.538. The first kappa shape index (κ1) is 15.1. The van der Waals surface area contributed by atoms with E-state index in [-0.39, 0.29) is 11.4 Å². The van der Waals surface area contributed by atoms with Crippen LogP contribution >= 0.6 is 22.9 Å². The van der Waals surface area contributed by atoms with Crippen molar-refractivity contribution in [2.75, 3.05) is 11.4 Å². The molecule has 1 N–H and O–H groups in total. The first-order valence-corrected chi connectivity index (χ1v) is 7.56. The Bertz CT molecular complexity index is 524. The molecule has 0 aromatic carbocycles. The number of amides is 2. The molecule has 0 saturated carbocycles. The number of ether oxygens (including phenoxy) is 1. The van der Waals surface area contributed by atoms with Gasteiger partial charge in [0, 0.05) is 23.9 Å². The molecular weight excluding hydrogens is 300 g/mol. The van der Waals surface area contributed by atoms with Crippen LogP contribution in [0.4, 0.5) is 10.5 Å². The normalized spacial score (nSPS) is 19.3. The van der Waals surface area contributed by atoms with Gasteiger partial charge in [0.15, 0.2) is 6.10 Å². The lowest BCUT2D eigenvalue weighted by molar-refractivity contribution is -0.124. The van der Waals surface area contributed by atoms with Crippen LogP contribution in [-0.2, 0) is 9.53 Å². The molecule has 7 heteroatoms. The minimum Gasteiger partial charge on any atom is -0.436 e. The average Bonchev–Trinajstić information content (AvgIpc) is 2.84. The van der Waals surface area contributed by atoms with Gasteiger partial charge in [0.05, 0.1) is 10.0 Å². The molecule has 2 rings (SSSR count). The zero-order valence-corrected chi connectivity index (χ0v) is 13.2. The van der Waals surface area contributed by atoms with Crippen LogP contribution in [0.15, 0.2) is 11.4 Å². The van der Waals surface area contributed by atoms with Gasteiger partial charge in [-0.15, -0.1) is 11.3 Å². The molecule has 20 heavy (non-hydrogen) atoms. The van der Waals surface area contributed by atoms with E-state index in [1.165, 1.54) is 11.3 Å². The zero-order valence-electron chi connectivity index (χ0n) is 11.6. The highest BCUT2D eigenvalue weighted by atomic mass is 35.5. The predicted molar refractivity (Wildman–Crippen MR) is 79.5 cm³/mol. The van der Waals surface area contributed by atoms with Crippen molar-refractivity contribution in [3.63, 3.8) is 0 Å². The number of nitrogens with zero attached hydrogens (tertiary/aromatic N) is 1. The molecule has 1 aliphatic rings. The van der Waals surface area contributed by atoms with Gasteiger partial charge in [-0.2, -0.15) is 0 Å². The molecule has 1 aromatic rings. The van der Waals surface area contributed by atoms with Crippen molar-refractivity contribution in [1.82, 2.24) is 5.32 Å². The van der Waals surface area contributed by atoms with Gasteiger partial charge in [-0.1, -0.05) is 11.6 Å². The Morgan fingerprint density at radius 1 is 1.55 bits per heavy atom. The summed E-state index contributed by atoms with van der Waals surface area (Å²) in [6, 6.07) is 1.74. The highest BCUT2D eigenvalue weighted by Crippen LogP contribution is 2.30. The zero-order chi connectivity index (χ0) is 14.9. The number of hydrogen-bond donors (Lipinski definition) is 1. The third-order valence-corrected chi connectivity index (χ3v) is 3.83. The van der Waals surface area contributed by atoms with E-state index in [0.717, 1.165) is 5.69 Å². The molecule has 1 aromatic heterocycles. The Morgan fingerprint density at radius 3 is 2.80 bits per heavy atom. The number of nitrogens with one attached hydrogen (secondary N) is 1. The Hall–Kier alpha value is -1.27. The van der Waals surface area contributed by atoms with Crippen molar-refractivity contribution in [2.24, 2.45) is 0 Å². The summed E-state index contributed by atoms with van der Waals surface area (Å²) in [6.45, 7) is 6.08. The molecule has 2 amide bonds. The van der Waals surface area contributed by atoms with Gasteiger partial charge >= 0.3 is 6.09 Å². The molecule has 1 fully saturated rings. The molecular formula is C13H17ClN2O3S. The summed E-state index contributed by atoms with van der Waals surface area (Å²) in [4.78, 5) is 25.5. The van der Waals surface area contributed by atoms with E-state index >= 15 is 0 Å². The van der Waals surface area contributed by atoms with Gasteiger partial charge in [-0.25, -0.2) is 4.79 Å². The Kier molecular flexibility index (Phi) is 4.25. The summed E-state index contributed by atoms with van der Waals surface area (Å²) in [5.41, 5.74) is 0.367. The minimum absolute atomic E-state index is 0.205. The number of halogens is 1. The van der Waals surface area contributed by atoms with Crippen LogP contribution in [0.1, 0.15) is 27.2 Å². The molecule has 1 atom stereocenters. The van der Waals surface area contributed by atoms with E-state index in [2.05, 4.69) is 5.32 Å². The van der Waals surface area contributed by atoms with E-state index < -0.39 is 12.2 Å². The molecule has 0 spiro atoms. The molecule has 5 nitrogen and oxygen atoms in total. The maximum atomic E-state index is 12.2. The average molecular weight is 317 g/mol. The van der Waals surface area contributed by atoms with Crippen LogP contribution in [0.25, 0.3) is 0 Å². The van der Waals surface area contributed by atoms with Crippen molar-refractivity contribution in [3.8, 4) is 0 Å². The summed E-state index contributed by atoms with van der Waals surface area (Å²) in [7, 11) is 0. The minimum atomic E-state index is -0.726. The second-order valence-corrected chi connectivity index (χ2v) is 7.20. The van der Waals surface area contributed by atoms with Gasteiger partial charge in [0.2, 0.25) is 0 Å². The smallest absolute Gasteiger partial charge is 0.408 e. The van der Waals surface area contributed by atoms with Gasteiger partial charge in [0.25, 0.3) is 5.91 Å².